The molecular weight excluding hydrogens is 340 g/mol. The predicted molar refractivity (Wildman–Crippen MR) is 102 cm³/mol. The highest BCUT2D eigenvalue weighted by Crippen LogP contribution is 2.37. The zero-order valence-electron chi connectivity index (χ0n) is 16.7. The SMILES string of the molecule is Cc1cc(-c2cnc(C(C)(C)C)nc2C2CCN(C(=O)C3CC3)CC2)on1. The number of rotatable bonds is 3. The van der Waals surface area contributed by atoms with Crippen molar-refractivity contribution in [2.24, 2.45) is 5.92 Å². The Labute approximate surface area is 160 Å². The Morgan fingerprint density at radius 3 is 2.44 bits per heavy atom. The van der Waals surface area contributed by atoms with E-state index in [9.17, 15) is 4.79 Å². The quantitative estimate of drug-likeness (QED) is 0.823. The van der Waals surface area contributed by atoms with E-state index in [1.54, 1.807) is 0 Å². The summed E-state index contributed by atoms with van der Waals surface area (Å²) in [7, 11) is 0. The van der Waals surface area contributed by atoms with Gasteiger partial charge in [-0.1, -0.05) is 25.9 Å². The van der Waals surface area contributed by atoms with Crippen LogP contribution >= 0.6 is 0 Å². The molecule has 4 rings (SSSR count). The minimum atomic E-state index is -0.118. The Bertz CT molecular complexity index is 840. The molecule has 2 fully saturated rings. The summed E-state index contributed by atoms with van der Waals surface area (Å²) in [6.45, 7) is 9.91. The molecular formula is C21H28N4O2. The topological polar surface area (TPSA) is 72.1 Å². The van der Waals surface area contributed by atoms with Crippen LogP contribution in [0.15, 0.2) is 16.8 Å². The molecule has 6 nitrogen and oxygen atoms in total. The molecule has 0 aromatic carbocycles. The summed E-state index contributed by atoms with van der Waals surface area (Å²) in [5, 5.41) is 4.03. The number of carbonyl (C=O) groups excluding carboxylic acids is 1. The summed E-state index contributed by atoms with van der Waals surface area (Å²) in [5.41, 5.74) is 2.69. The van der Waals surface area contributed by atoms with Crippen LogP contribution in [0.4, 0.5) is 0 Å². The molecule has 6 heteroatoms. The molecule has 0 atom stereocenters. The molecule has 1 saturated heterocycles. The molecule has 1 aliphatic carbocycles. The largest absolute Gasteiger partial charge is 0.356 e. The smallest absolute Gasteiger partial charge is 0.225 e. The van der Waals surface area contributed by atoms with Crippen LogP contribution in [0.5, 0.6) is 0 Å². The number of likely N-dealkylation sites (tertiary alicyclic amines) is 1. The lowest BCUT2D eigenvalue weighted by molar-refractivity contribution is -0.133. The lowest BCUT2D eigenvalue weighted by Gasteiger charge is -2.33. The van der Waals surface area contributed by atoms with E-state index in [0.717, 1.165) is 67.3 Å². The second kappa shape index (κ2) is 6.73. The van der Waals surface area contributed by atoms with Gasteiger partial charge in [0.05, 0.1) is 17.0 Å². The average molecular weight is 368 g/mol. The van der Waals surface area contributed by atoms with Crippen LogP contribution in [-0.4, -0.2) is 39.0 Å². The van der Waals surface area contributed by atoms with E-state index in [2.05, 4.69) is 30.9 Å². The van der Waals surface area contributed by atoms with Crippen LogP contribution in [0.2, 0.25) is 0 Å². The van der Waals surface area contributed by atoms with Crippen LogP contribution in [0.25, 0.3) is 11.3 Å². The normalized spacial score (nSPS) is 18.7. The van der Waals surface area contributed by atoms with Crippen LogP contribution in [0.1, 0.15) is 69.6 Å². The second-order valence-corrected chi connectivity index (χ2v) is 8.95. The maximum absolute atomic E-state index is 12.4. The Hall–Kier alpha value is -2.24. The van der Waals surface area contributed by atoms with Gasteiger partial charge in [0.25, 0.3) is 0 Å². The van der Waals surface area contributed by atoms with E-state index >= 15 is 0 Å². The van der Waals surface area contributed by atoms with Crippen molar-refractivity contribution >= 4 is 5.91 Å². The molecule has 1 aliphatic heterocycles. The van der Waals surface area contributed by atoms with E-state index in [4.69, 9.17) is 9.51 Å². The first-order valence-electron chi connectivity index (χ1n) is 9.93. The average Bonchev–Trinajstić information content (AvgIpc) is 3.41. The third-order valence-corrected chi connectivity index (χ3v) is 5.50. The molecule has 0 radical (unpaired) electrons. The number of hydrogen-bond acceptors (Lipinski definition) is 5. The number of hydrogen-bond donors (Lipinski definition) is 0. The third-order valence-electron chi connectivity index (χ3n) is 5.50. The first-order valence-corrected chi connectivity index (χ1v) is 9.93. The van der Waals surface area contributed by atoms with Crippen molar-refractivity contribution in [3.8, 4) is 11.3 Å². The Kier molecular flexibility index (Phi) is 4.52. The van der Waals surface area contributed by atoms with Crippen LogP contribution in [-0.2, 0) is 10.2 Å². The maximum atomic E-state index is 12.4. The molecule has 0 N–H and O–H groups in total. The van der Waals surface area contributed by atoms with Gasteiger partial charge in [0.15, 0.2) is 5.76 Å². The highest BCUT2D eigenvalue weighted by atomic mass is 16.5. The first-order chi connectivity index (χ1) is 12.8. The van der Waals surface area contributed by atoms with Crippen molar-refractivity contribution in [1.82, 2.24) is 20.0 Å². The molecule has 2 aliphatic rings. The third kappa shape index (κ3) is 3.75. The van der Waals surface area contributed by atoms with Crippen molar-refractivity contribution in [2.45, 2.75) is 64.7 Å². The van der Waals surface area contributed by atoms with E-state index in [0.29, 0.717) is 17.7 Å². The summed E-state index contributed by atoms with van der Waals surface area (Å²) < 4.78 is 5.51. The van der Waals surface area contributed by atoms with E-state index in [1.165, 1.54) is 0 Å². The minimum absolute atomic E-state index is 0.118. The lowest BCUT2D eigenvalue weighted by Crippen LogP contribution is -2.39. The maximum Gasteiger partial charge on any atom is 0.225 e. The van der Waals surface area contributed by atoms with Gasteiger partial charge in [0.1, 0.15) is 5.82 Å². The van der Waals surface area contributed by atoms with Crippen molar-refractivity contribution in [3.05, 3.63) is 29.5 Å². The van der Waals surface area contributed by atoms with Gasteiger partial charge >= 0.3 is 0 Å². The van der Waals surface area contributed by atoms with Crippen molar-refractivity contribution in [2.75, 3.05) is 13.1 Å². The van der Waals surface area contributed by atoms with Crippen LogP contribution in [0, 0.1) is 12.8 Å². The van der Waals surface area contributed by atoms with Gasteiger partial charge in [-0.15, -0.1) is 0 Å². The molecule has 0 bridgehead atoms. The molecule has 1 amide bonds. The zero-order chi connectivity index (χ0) is 19.2. The summed E-state index contributed by atoms with van der Waals surface area (Å²) in [6.07, 6.45) is 5.87. The summed E-state index contributed by atoms with van der Waals surface area (Å²) in [6, 6.07) is 1.94. The van der Waals surface area contributed by atoms with E-state index in [-0.39, 0.29) is 5.41 Å². The van der Waals surface area contributed by atoms with E-state index in [1.807, 2.05) is 24.1 Å². The molecule has 3 heterocycles. The van der Waals surface area contributed by atoms with Crippen molar-refractivity contribution in [3.63, 3.8) is 0 Å². The van der Waals surface area contributed by atoms with Gasteiger partial charge in [0, 0.05) is 42.6 Å². The standard InChI is InChI=1S/C21H28N4O2/c1-13-11-17(27-24-13)16-12-22-20(21(2,3)4)23-18(16)14-7-9-25(10-8-14)19(26)15-5-6-15/h11-12,14-15H,5-10H2,1-4H3. The summed E-state index contributed by atoms with van der Waals surface area (Å²) in [5.74, 6) is 2.50. The Morgan fingerprint density at radius 1 is 1.19 bits per heavy atom. The van der Waals surface area contributed by atoms with Crippen molar-refractivity contribution in [1.29, 1.82) is 0 Å². The highest BCUT2D eigenvalue weighted by molar-refractivity contribution is 5.81. The van der Waals surface area contributed by atoms with Crippen LogP contribution < -0.4 is 0 Å². The molecule has 2 aromatic rings. The number of aryl methyl sites for hydroxylation is 1. The van der Waals surface area contributed by atoms with Gasteiger partial charge < -0.3 is 9.42 Å². The van der Waals surface area contributed by atoms with Gasteiger partial charge in [-0.2, -0.15) is 0 Å². The zero-order valence-corrected chi connectivity index (χ0v) is 16.7. The Morgan fingerprint density at radius 2 is 1.89 bits per heavy atom. The van der Waals surface area contributed by atoms with Crippen molar-refractivity contribution < 1.29 is 9.32 Å². The monoisotopic (exact) mass is 368 g/mol. The lowest BCUT2D eigenvalue weighted by atomic mass is 9.88. The van der Waals surface area contributed by atoms with Gasteiger partial charge in [-0.3, -0.25) is 4.79 Å². The molecule has 1 saturated carbocycles. The molecule has 27 heavy (non-hydrogen) atoms. The fourth-order valence-corrected chi connectivity index (χ4v) is 3.71. The number of nitrogens with zero attached hydrogens (tertiary/aromatic N) is 4. The molecule has 2 aromatic heterocycles. The van der Waals surface area contributed by atoms with Gasteiger partial charge in [0.2, 0.25) is 5.91 Å². The van der Waals surface area contributed by atoms with Crippen LogP contribution in [0.3, 0.4) is 0 Å². The fourth-order valence-electron chi connectivity index (χ4n) is 3.71. The van der Waals surface area contributed by atoms with E-state index < -0.39 is 0 Å². The highest BCUT2D eigenvalue weighted by Gasteiger charge is 2.36. The number of amides is 1. The predicted octanol–water partition coefficient (Wildman–Crippen LogP) is 3.85. The number of piperidine rings is 1. The fraction of sp³-hybridized carbons (Fsp3) is 0.619. The Balaban J connectivity index is 1.62. The summed E-state index contributed by atoms with van der Waals surface area (Å²) >= 11 is 0. The minimum Gasteiger partial charge on any atom is -0.356 e. The second-order valence-electron chi connectivity index (χ2n) is 8.95. The number of aromatic nitrogens is 3. The van der Waals surface area contributed by atoms with Gasteiger partial charge in [-0.25, -0.2) is 9.97 Å². The molecule has 0 spiro atoms. The molecule has 0 unspecified atom stereocenters. The summed E-state index contributed by atoms with van der Waals surface area (Å²) in [4.78, 5) is 24.0. The van der Waals surface area contributed by atoms with Gasteiger partial charge in [-0.05, 0) is 32.6 Å². The number of carbonyl (C=O) groups is 1. The first kappa shape index (κ1) is 18.1. The molecule has 144 valence electrons.